The molecule has 1 N–H and O–H groups in total. The number of hydrogen-bond acceptors (Lipinski definition) is 2. The summed E-state index contributed by atoms with van der Waals surface area (Å²) in [7, 11) is 0. The molecule has 2 atom stereocenters. The molecule has 0 radical (unpaired) electrons. The van der Waals surface area contributed by atoms with Crippen molar-refractivity contribution >= 4 is 12.0 Å². The minimum absolute atomic E-state index is 0.126. The second kappa shape index (κ2) is 6.61. The topological polar surface area (TPSA) is 60.9 Å². The van der Waals surface area contributed by atoms with Gasteiger partial charge in [0.25, 0.3) is 0 Å². The Labute approximate surface area is 109 Å². The van der Waals surface area contributed by atoms with Gasteiger partial charge in [0.1, 0.15) is 6.04 Å². The molecular weight excluding hydrogens is 232 g/mol. The van der Waals surface area contributed by atoms with E-state index >= 15 is 0 Å². The third-order valence-corrected chi connectivity index (χ3v) is 3.74. The summed E-state index contributed by atoms with van der Waals surface area (Å²) in [4.78, 5) is 26.9. The Morgan fingerprint density at radius 2 is 2.06 bits per heavy atom. The van der Waals surface area contributed by atoms with Crippen molar-refractivity contribution in [3.8, 4) is 0 Å². The number of rotatable bonds is 4. The number of amides is 2. The number of carbonyl (C=O) groups excluding carboxylic acids is 1. The lowest BCUT2D eigenvalue weighted by molar-refractivity contribution is -0.143. The smallest absolute Gasteiger partial charge is 0.326 e. The SMILES string of the molecule is CCC(C)N(CC)C(=O)N1CCCCC1C(=O)O. The molecule has 0 aliphatic carbocycles. The number of hydrogen-bond donors (Lipinski definition) is 1. The highest BCUT2D eigenvalue weighted by molar-refractivity contribution is 5.83. The Kier molecular flexibility index (Phi) is 5.44. The third kappa shape index (κ3) is 3.15. The second-order valence-corrected chi connectivity index (χ2v) is 4.87. The zero-order chi connectivity index (χ0) is 13.7. The Bertz CT molecular complexity index is 307. The summed E-state index contributed by atoms with van der Waals surface area (Å²) in [5.41, 5.74) is 0. The van der Waals surface area contributed by atoms with Crippen LogP contribution < -0.4 is 0 Å². The van der Waals surface area contributed by atoms with E-state index in [1.807, 2.05) is 20.8 Å². The zero-order valence-electron chi connectivity index (χ0n) is 11.6. The highest BCUT2D eigenvalue weighted by Gasteiger charge is 2.34. The van der Waals surface area contributed by atoms with Gasteiger partial charge < -0.3 is 14.9 Å². The molecule has 0 bridgehead atoms. The monoisotopic (exact) mass is 256 g/mol. The molecule has 5 heteroatoms. The van der Waals surface area contributed by atoms with Gasteiger partial charge in [-0.25, -0.2) is 9.59 Å². The van der Waals surface area contributed by atoms with Crippen LogP contribution >= 0.6 is 0 Å². The molecule has 1 fully saturated rings. The molecule has 2 amide bonds. The number of carboxylic acids is 1. The molecule has 0 saturated carbocycles. The number of carbonyl (C=O) groups is 2. The zero-order valence-corrected chi connectivity index (χ0v) is 11.6. The average molecular weight is 256 g/mol. The quantitative estimate of drug-likeness (QED) is 0.838. The molecule has 5 nitrogen and oxygen atoms in total. The van der Waals surface area contributed by atoms with E-state index in [1.165, 1.54) is 4.90 Å². The first-order valence-electron chi connectivity index (χ1n) is 6.82. The van der Waals surface area contributed by atoms with Crippen LogP contribution in [-0.2, 0) is 4.79 Å². The molecule has 18 heavy (non-hydrogen) atoms. The molecule has 2 unspecified atom stereocenters. The molecule has 1 saturated heterocycles. The van der Waals surface area contributed by atoms with Crippen LogP contribution in [0, 0.1) is 0 Å². The van der Waals surface area contributed by atoms with E-state index in [-0.39, 0.29) is 12.1 Å². The van der Waals surface area contributed by atoms with Crippen molar-refractivity contribution in [2.75, 3.05) is 13.1 Å². The van der Waals surface area contributed by atoms with Gasteiger partial charge in [-0.15, -0.1) is 0 Å². The number of piperidine rings is 1. The third-order valence-electron chi connectivity index (χ3n) is 3.74. The van der Waals surface area contributed by atoms with Crippen molar-refractivity contribution in [3.63, 3.8) is 0 Å². The fourth-order valence-corrected chi connectivity index (χ4v) is 2.44. The molecule has 1 aliphatic heterocycles. The van der Waals surface area contributed by atoms with Crippen molar-refractivity contribution in [2.45, 2.75) is 58.5 Å². The molecule has 0 spiro atoms. The van der Waals surface area contributed by atoms with E-state index in [4.69, 9.17) is 0 Å². The Morgan fingerprint density at radius 1 is 1.39 bits per heavy atom. The van der Waals surface area contributed by atoms with E-state index in [1.54, 1.807) is 4.90 Å². The molecule has 1 heterocycles. The van der Waals surface area contributed by atoms with Crippen LogP contribution in [0.25, 0.3) is 0 Å². The van der Waals surface area contributed by atoms with Crippen LogP contribution in [0.4, 0.5) is 4.79 Å². The van der Waals surface area contributed by atoms with Crippen molar-refractivity contribution in [2.24, 2.45) is 0 Å². The molecular formula is C13H24N2O3. The van der Waals surface area contributed by atoms with Gasteiger partial charge in [-0.3, -0.25) is 0 Å². The predicted octanol–water partition coefficient (Wildman–Crippen LogP) is 2.17. The van der Waals surface area contributed by atoms with Crippen molar-refractivity contribution in [1.82, 2.24) is 9.80 Å². The fraction of sp³-hybridized carbons (Fsp3) is 0.846. The number of urea groups is 1. The summed E-state index contributed by atoms with van der Waals surface area (Å²) in [6.45, 7) is 7.15. The largest absolute Gasteiger partial charge is 0.480 e. The maximum atomic E-state index is 12.4. The van der Waals surface area contributed by atoms with Gasteiger partial charge in [0.05, 0.1) is 0 Å². The minimum atomic E-state index is -0.886. The number of likely N-dealkylation sites (tertiary alicyclic amines) is 1. The van der Waals surface area contributed by atoms with Gasteiger partial charge in [-0.1, -0.05) is 6.92 Å². The predicted molar refractivity (Wildman–Crippen MR) is 69.5 cm³/mol. The van der Waals surface area contributed by atoms with Crippen LogP contribution in [0.3, 0.4) is 0 Å². The molecule has 0 aromatic heterocycles. The first-order chi connectivity index (χ1) is 8.52. The van der Waals surface area contributed by atoms with E-state index in [0.717, 1.165) is 19.3 Å². The van der Waals surface area contributed by atoms with Crippen LogP contribution in [0.2, 0.25) is 0 Å². The first-order valence-corrected chi connectivity index (χ1v) is 6.82. The van der Waals surface area contributed by atoms with Gasteiger partial charge in [0.2, 0.25) is 0 Å². The minimum Gasteiger partial charge on any atom is -0.480 e. The van der Waals surface area contributed by atoms with E-state index in [2.05, 4.69) is 0 Å². The lowest BCUT2D eigenvalue weighted by Gasteiger charge is -2.38. The Hall–Kier alpha value is -1.26. The Balaban J connectivity index is 2.81. The maximum absolute atomic E-state index is 12.4. The summed E-state index contributed by atoms with van der Waals surface area (Å²) >= 11 is 0. The maximum Gasteiger partial charge on any atom is 0.326 e. The number of nitrogens with zero attached hydrogens (tertiary/aromatic N) is 2. The van der Waals surface area contributed by atoms with E-state index in [0.29, 0.717) is 19.5 Å². The summed E-state index contributed by atoms with van der Waals surface area (Å²) in [6, 6.07) is -0.623. The summed E-state index contributed by atoms with van der Waals surface area (Å²) in [5.74, 6) is -0.886. The lowest BCUT2D eigenvalue weighted by Crippen LogP contribution is -2.54. The summed E-state index contributed by atoms with van der Waals surface area (Å²) in [5, 5.41) is 9.20. The van der Waals surface area contributed by atoms with Gasteiger partial charge in [-0.05, 0) is 39.5 Å². The highest BCUT2D eigenvalue weighted by Crippen LogP contribution is 2.20. The van der Waals surface area contributed by atoms with Crippen LogP contribution in [-0.4, -0.2) is 52.1 Å². The lowest BCUT2D eigenvalue weighted by atomic mass is 10.0. The van der Waals surface area contributed by atoms with Crippen LogP contribution in [0.5, 0.6) is 0 Å². The highest BCUT2D eigenvalue weighted by atomic mass is 16.4. The number of carboxylic acid groups (broad SMARTS) is 1. The molecule has 1 aliphatic rings. The molecule has 0 aromatic rings. The Morgan fingerprint density at radius 3 is 2.56 bits per heavy atom. The average Bonchev–Trinajstić information content (AvgIpc) is 2.39. The van der Waals surface area contributed by atoms with Crippen molar-refractivity contribution in [3.05, 3.63) is 0 Å². The molecule has 1 rings (SSSR count). The van der Waals surface area contributed by atoms with Gasteiger partial charge in [0.15, 0.2) is 0 Å². The van der Waals surface area contributed by atoms with Crippen molar-refractivity contribution < 1.29 is 14.7 Å². The number of aliphatic carboxylic acids is 1. The van der Waals surface area contributed by atoms with Gasteiger partial charge >= 0.3 is 12.0 Å². The second-order valence-electron chi connectivity index (χ2n) is 4.87. The van der Waals surface area contributed by atoms with Gasteiger partial charge in [-0.2, -0.15) is 0 Å². The van der Waals surface area contributed by atoms with Gasteiger partial charge in [0, 0.05) is 19.1 Å². The van der Waals surface area contributed by atoms with Crippen LogP contribution in [0.15, 0.2) is 0 Å². The van der Waals surface area contributed by atoms with Crippen LogP contribution in [0.1, 0.15) is 46.5 Å². The summed E-state index contributed by atoms with van der Waals surface area (Å²) in [6.07, 6.45) is 3.23. The fourth-order valence-electron chi connectivity index (χ4n) is 2.44. The van der Waals surface area contributed by atoms with E-state index in [9.17, 15) is 14.7 Å². The summed E-state index contributed by atoms with van der Waals surface area (Å²) < 4.78 is 0. The molecule has 104 valence electrons. The van der Waals surface area contributed by atoms with Crippen molar-refractivity contribution in [1.29, 1.82) is 0 Å². The molecule has 0 aromatic carbocycles. The van der Waals surface area contributed by atoms with E-state index < -0.39 is 12.0 Å². The first kappa shape index (κ1) is 14.8. The standard InChI is InChI=1S/C13H24N2O3/c1-4-10(3)14(5-2)13(18)15-9-7-6-8-11(15)12(16)17/h10-11H,4-9H2,1-3H3,(H,16,17). The normalized spacial score (nSPS) is 21.5.